The molecule has 0 amide bonds. The highest BCUT2D eigenvalue weighted by Gasteiger charge is 2.18. The molecule has 0 bridgehead atoms. The molecule has 17 heavy (non-hydrogen) atoms. The minimum absolute atomic E-state index is 0.358. The lowest BCUT2D eigenvalue weighted by Gasteiger charge is -2.12. The van der Waals surface area contributed by atoms with E-state index in [0.29, 0.717) is 10.5 Å². The smallest absolute Gasteiger partial charge is 0.214 e. The second-order valence-corrected chi connectivity index (χ2v) is 7.01. The fourth-order valence-electron chi connectivity index (χ4n) is 0.901. The fraction of sp³-hybridized carbons (Fsp3) is 0.455. The summed E-state index contributed by atoms with van der Waals surface area (Å²) in [7, 11) is 0.289. The molecule has 1 aromatic heterocycles. The van der Waals surface area contributed by atoms with Gasteiger partial charge in [0.2, 0.25) is 5.88 Å². The topological polar surface area (TPSA) is 51.5 Å². The third kappa shape index (κ3) is 4.20. The Labute approximate surface area is 112 Å². The zero-order valence-corrected chi connectivity index (χ0v) is 12.6. The molecule has 0 fully saturated rings. The van der Waals surface area contributed by atoms with Gasteiger partial charge in [-0.15, -0.1) is 0 Å². The van der Waals surface area contributed by atoms with Crippen LogP contribution in [0.1, 0.15) is 26.3 Å². The normalized spacial score (nSPS) is 13.9. The lowest BCUT2D eigenvalue weighted by Crippen LogP contribution is -2.19. The van der Waals surface area contributed by atoms with Gasteiger partial charge in [0.15, 0.2) is 0 Å². The van der Waals surface area contributed by atoms with Crippen molar-refractivity contribution in [3.05, 3.63) is 22.3 Å². The van der Waals surface area contributed by atoms with E-state index < -0.39 is 11.0 Å². The number of halogens is 1. The van der Waals surface area contributed by atoms with Crippen LogP contribution >= 0.6 is 15.9 Å². The Morgan fingerprint density at radius 3 is 2.59 bits per heavy atom. The van der Waals surface area contributed by atoms with Crippen molar-refractivity contribution in [3.63, 3.8) is 0 Å². The van der Waals surface area contributed by atoms with Crippen molar-refractivity contribution in [1.29, 1.82) is 0 Å². The van der Waals surface area contributed by atoms with Gasteiger partial charge < -0.3 is 4.74 Å². The average molecular weight is 319 g/mol. The summed E-state index contributed by atoms with van der Waals surface area (Å²) in [5.41, 5.74) is 0.767. The van der Waals surface area contributed by atoms with Crippen LogP contribution in [-0.4, -0.2) is 27.3 Å². The average Bonchev–Trinajstić information content (AvgIpc) is 2.25. The van der Waals surface area contributed by atoms with Crippen LogP contribution in [-0.2, 0) is 11.0 Å². The first-order valence-corrected chi connectivity index (χ1v) is 6.91. The maximum Gasteiger partial charge on any atom is 0.214 e. The summed E-state index contributed by atoms with van der Waals surface area (Å²) in [6.45, 7) is 5.63. The quantitative estimate of drug-likeness (QED) is 0.636. The molecule has 0 N–H and O–H groups in total. The Bertz CT molecular complexity index is 455. The molecule has 1 rings (SSSR count). The third-order valence-corrected chi connectivity index (χ3v) is 3.85. The molecule has 1 aromatic rings. The molecule has 0 radical (unpaired) electrons. The first kappa shape index (κ1) is 14.3. The number of hydrogen-bond acceptors (Lipinski definition) is 3. The standard InChI is InChI=1S/C11H15BrN2O2S/c1-11(2,3)17(15)13-7-8-5-6-9(16-4)14-10(8)12/h5-7H,1-4H3/t17-/m0/s1. The number of aromatic nitrogens is 1. The largest absolute Gasteiger partial charge is 0.481 e. The van der Waals surface area contributed by atoms with Gasteiger partial charge in [-0.2, -0.15) is 4.40 Å². The van der Waals surface area contributed by atoms with Crippen LogP contribution in [0, 0.1) is 0 Å². The Hall–Kier alpha value is -0.750. The molecule has 0 aliphatic carbocycles. The van der Waals surface area contributed by atoms with Crippen molar-refractivity contribution in [2.24, 2.45) is 4.40 Å². The van der Waals surface area contributed by atoms with Crippen molar-refractivity contribution in [2.75, 3.05) is 7.11 Å². The van der Waals surface area contributed by atoms with E-state index in [4.69, 9.17) is 4.74 Å². The van der Waals surface area contributed by atoms with Gasteiger partial charge >= 0.3 is 0 Å². The van der Waals surface area contributed by atoms with Crippen LogP contribution in [0.4, 0.5) is 0 Å². The van der Waals surface area contributed by atoms with Gasteiger partial charge in [0.25, 0.3) is 0 Å². The predicted octanol–water partition coefficient (Wildman–Crippen LogP) is 2.73. The Morgan fingerprint density at radius 1 is 1.47 bits per heavy atom. The second kappa shape index (κ2) is 5.73. The zero-order chi connectivity index (χ0) is 13.1. The van der Waals surface area contributed by atoms with E-state index in [1.54, 1.807) is 25.5 Å². The van der Waals surface area contributed by atoms with Gasteiger partial charge in [-0.25, -0.2) is 9.19 Å². The molecule has 0 aliphatic rings. The maximum atomic E-state index is 11.7. The molecule has 6 heteroatoms. The van der Waals surface area contributed by atoms with Gasteiger partial charge in [0.05, 0.1) is 11.9 Å². The monoisotopic (exact) mass is 318 g/mol. The lowest BCUT2D eigenvalue weighted by molar-refractivity contribution is 0.397. The summed E-state index contributed by atoms with van der Waals surface area (Å²) in [6.07, 6.45) is 1.55. The van der Waals surface area contributed by atoms with Crippen molar-refractivity contribution in [2.45, 2.75) is 25.5 Å². The van der Waals surface area contributed by atoms with Crippen molar-refractivity contribution in [3.8, 4) is 5.88 Å². The Kier molecular flexibility index (Phi) is 4.82. The molecule has 0 spiro atoms. The molecular weight excluding hydrogens is 304 g/mol. The highest BCUT2D eigenvalue weighted by Crippen LogP contribution is 2.18. The molecule has 94 valence electrons. The molecule has 4 nitrogen and oxygen atoms in total. The molecular formula is C11H15BrN2O2S. The van der Waals surface area contributed by atoms with Gasteiger partial charge in [0, 0.05) is 17.8 Å². The summed E-state index contributed by atoms with van der Waals surface area (Å²) in [4.78, 5) is 4.14. The van der Waals surface area contributed by atoms with E-state index in [2.05, 4.69) is 25.3 Å². The second-order valence-electron chi connectivity index (χ2n) is 4.33. The van der Waals surface area contributed by atoms with E-state index in [0.717, 1.165) is 5.56 Å². The van der Waals surface area contributed by atoms with Crippen LogP contribution in [0.25, 0.3) is 0 Å². The number of pyridine rings is 1. The van der Waals surface area contributed by atoms with E-state index in [1.807, 2.05) is 20.8 Å². The summed E-state index contributed by atoms with van der Waals surface area (Å²) < 4.78 is 21.0. The van der Waals surface area contributed by atoms with Gasteiger partial charge in [-0.3, -0.25) is 0 Å². The first-order chi connectivity index (χ1) is 7.84. The number of methoxy groups -OCH3 is 1. The fourth-order valence-corrected chi connectivity index (χ4v) is 1.84. The van der Waals surface area contributed by atoms with Gasteiger partial charge in [-0.05, 0) is 42.8 Å². The number of rotatable bonds is 3. The molecule has 0 saturated heterocycles. The Morgan fingerprint density at radius 2 is 2.12 bits per heavy atom. The van der Waals surface area contributed by atoms with Gasteiger partial charge in [0.1, 0.15) is 15.6 Å². The molecule has 1 heterocycles. The molecule has 0 saturated carbocycles. The molecule has 0 aromatic carbocycles. The number of nitrogens with zero attached hydrogens (tertiary/aromatic N) is 2. The van der Waals surface area contributed by atoms with Crippen LogP contribution in [0.15, 0.2) is 21.1 Å². The zero-order valence-electron chi connectivity index (χ0n) is 10.2. The Balaban J connectivity index is 2.89. The number of hydrogen-bond donors (Lipinski definition) is 0. The molecule has 0 aliphatic heterocycles. The van der Waals surface area contributed by atoms with Crippen molar-refractivity contribution in [1.82, 2.24) is 4.98 Å². The number of ether oxygens (including phenoxy) is 1. The van der Waals surface area contributed by atoms with Gasteiger partial charge in [-0.1, -0.05) is 0 Å². The summed E-state index contributed by atoms with van der Waals surface area (Å²) in [6, 6.07) is 3.53. The van der Waals surface area contributed by atoms with Crippen LogP contribution in [0.3, 0.4) is 0 Å². The van der Waals surface area contributed by atoms with E-state index in [9.17, 15) is 4.21 Å². The summed E-state index contributed by atoms with van der Waals surface area (Å²) in [5, 5.41) is 0. The summed E-state index contributed by atoms with van der Waals surface area (Å²) in [5.74, 6) is 0.519. The highest BCUT2D eigenvalue weighted by atomic mass is 79.9. The minimum Gasteiger partial charge on any atom is -0.481 e. The first-order valence-electron chi connectivity index (χ1n) is 5.01. The van der Waals surface area contributed by atoms with Crippen LogP contribution in [0.2, 0.25) is 0 Å². The van der Waals surface area contributed by atoms with E-state index >= 15 is 0 Å². The lowest BCUT2D eigenvalue weighted by atomic mass is 10.3. The molecule has 0 unspecified atom stereocenters. The third-order valence-electron chi connectivity index (χ3n) is 1.87. The van der Waals surface area contributed by atoms with Crippen LogP contribution < -0.4 is 4.74 Å². The van der Waals surface area contributed by atoms with E-state index in [-0.39, 0.29) is 4.75 Å². The molecule has 1 atom stereocenters. The van der Waals surface area contributed by atoms with Crippen LogP contribution in [0.5, 0.6) is 5.88 Å². The predicted molar refractivity (Wildman–Crippen MR) is 74.0 cm³/mol. The SMILES string of the molecule is COc1ccc(C=N[S@@](=O)C(C)(C)C)c(Br)n1. The summed E-state index contributed by atoms with van der Waals surface area (Å²) >= 11 is 3.31. The van der Waals surface area contributed by atoms with Crippen molar-refractivity contribution >= 4 is 33.1 Å². The highest BCUT2D eigenvalue weighted by molar-refractivity contribution is 9.10. The van der Waals surface area contributed by atoms with Crippen molar-refractivity contribution < 1.29 is 8.95 Å². The van der Waals surface area contributed by atoms with E-state index in [1.165, 1.54) is 0 Å². The minimum atomic E-state index is -1.26. The maximum absolute atomic E-state index is 11.7.